The molecule has 1 saturated heterocycles. The lowest BCUT2D eigenvalue weighted by molar-refractivity contribution is -0.384. The lowest BCUT2D eigenvalue weighted by atomic mass is 10.2. The zero-order chi connectivity index (χ0) is 16.8. The van der Waals surface area contributed by atoms with Crippen LogP contribution in [0.3, 0.4) is 0 Å². The molecule has 0 aliphatic carbocycles. The number of ether oxygens (including phenoxy) is 1. The number of anilines is 1. The molecule has 0 saturated carbocycles. The van der Waals surface area contributed by atoms with Crippen LogP contribution < -0.4 is 10.1 Å². The number of likely N-dealkylation sites (tertiary alicyclic amines) is 1. The summed E-state index contributed by atoms with van der Waals surface area (Å²) >= 11 is 0. The lowest BCUT2D eigenvalue weighted by Gasteiger charge is -2.15. The van der Waals surface area contributed by atoms with Gasteiger partial charge in [0.2, 0.25) is 5.91 Å². The molecule has 23 heavy (non-hydrogen) atoms. The van der Waals surface area contributed by atoms with Gasteiger partial charge in [-0.15, -0.1) is 0 Å². The Balaban J connectivity index is 2.07. The Bertz CT molecular complexity index is 615. The van der Waals surface area contributed by atoms with Gasteiger partial charge in [-0.3, -0.25) is 19.8 Å². The first kappa shape index (κ1) is 17.0. The molecule has 1 N–H and O–H groups in total. The highest BCUT2D eigenvalue weighted by atomic mass is 16.6. The van der Waals surface area contributed by atoms with Crippen molar-refractivity contribution in [2.24, 2.45) is 0 Å². The van der Waals surface area contributed by atoms with Gasteiger partial charge in [-0.1, -0.05) is 6.08 Å². The summed E-state index contributed by atoms with van der Waals surface area (Å²) in [6.07, 6.45) is 5.56. The number of hydrogen-bond donors (Lipinski definition) is 1. The number of non-ortho nitro benzene ring substituents is 1. The van der Waals surface area contributed by atoms with Crippen LogP contribution in [0.1, 0.15) is 19.8 Å². The van der Waals surface area contributed by atoms with E-state index in [4.69, 9.17) is 4.74 Å². The predicted octanol–water partition coefficient (Wildman–Crippen LogP) is 2.58. The van der Waals surface area contributed by atoms with Crippen molar-refractivity contribution >= 4 is 17.3 Å². The molecule has 1 heterocycles. The monoisotopic (exact) mass is 319 g/mol. The van der Waals surface area contributed by atoms with Gasteiger partial charge < -0.3 is 10.1 Å². The smallest absolute Gasteiger partial charge is 0.273 e. The van der Waals surface area contributed by atoms with E-state index >= 15 is 0 Å². The number of rotatable bonds is 6. The molecule has 1 aromatic rings. The number of nitro groups is 1. The average Bonchev–Trinajstić information content (AvgIpc) is 2.92. The molecule has 1 amide bonds. The van der Waals surface area contributed by atoms with E-state index in [9.17, 15) is 14.9 Å². The van der Waals surface area contributed by atoms with Crippen LogP contribution in [0.4, 0.5) is 11.4 Å². The largest absolute Gasteiger partial charge is 0.491 e. The predicted molar refractivity (Wildman–Crippen MR) is 87.7 cm³/mol. The summed E-state index contributed by atoms with van der Waals surface area (Å²) in [4.78, 5) is 24.6. The van der Waals surface area contributed by atoms with Crippen LogP contribution >= 0.6 is 0 Å². The summed E-state index contributed by atoms with van der Waals surface area (Å²) < 4.78 is 5.37. The number of nitrogens with one attached hydrogen (secondary N) is 1. The Labute approximate surface area is 135 Å². The second kappa shape index (κ2) is 7.73. The highest BCUT2D eigenvalue weighted by Gasteiger charge is 2.18. The number of likely N-dealkylation sites (N-methyl/N-ethyl adjacent to an activating group) is 1. The fraction of sp³-hybridized carbons (Fsp3) is 0.438. The third-order valence-corrected chi connectivity index (χ3v) is 3.78. The Morgan fingerprint density at radius 3 is 2.96 bits per heavy atom. The van der Waals surface area contributed by atoms with E-state index in [1.807, 2.05) is 13.1 Å². The number of hydrogen-bond acceptors (Lipinski definition) is 5. The van der Waals surface area contributed by atoms with Crippen LogP contribution in [-0.2, 0) is 4.79 Å². The minimum Gasteiger partial charge on any atom is -0.491 e. The summed E-state index contributed by atoms with van der Waals surface area (Å²) in [5.41, 5.74) is 0.349. The van der Waals surface area contributed by atoms with Gasteiger partial charge in [0.15, 0.2) is 0 Å². The van der Waals surface area contributed by atoms with Crippen molar-refractivity contribution in [1.82, 2.24) is 4.90 Å². The standard InChI is InChI=1S/C16H21N3O4/c1-3-23-15-11-13(19(21)22)6-8-14(15)17-16(20)9-7-12-5-4-10-18(12)2/h6-9,11-12H,3-5,10H2,1-2H3,(H,17,20)/b9-7+. The van der Waals surface area contributed by atoms with Crippen molar-refractivity contribution in [2.45, 2.75) is 25.8 Å². The zero-order valence-electron chi connectivity index (χ0n) is 13.3. The van der Waals surface area contributed by atoms with Crippen LogP contribution in [0.5, 0.6) is 5.75 Å². The molecule has 1 atom stereocenters. The van der Waals surface area contributed by atoms with E-state index in [2.05, 4.69) is 10.2 Å². The summed E-state index contributed by atoms with van der Waals surface area (Å²) in [5.74, 6) is 0.0153. The van der Waals surface area contributed by atoms with Gasteiger partial charge in [-0.25, -0.2) is 0 Å². The van der Waals surface area contributed by atoms with Crippen LogP contribution in [0, 0.1) is 10.1 Å². The van der Waals surface area contributed by atoms with E-state index in [0.29, 0.717) is 18.0 Å². The normalized spacial score (nSPS) is 18.3. The highest BCUT2D eigenvalue weighted by Crippen LogP contribution is 2.29. The van der Waals surface area contributed by atoms with E-state index < -0.39 is 4.92 Å². The number of nitro benzene ring substituents is 1. The maximum atomic E-state index is 12.0. The molecule has 1 fully saturated rings. The molecule has 7 heteroatoms. The van der Waals surface area contributed by atoms with Crippen LogP contribution in [0.25, 0.3) is 0 Å². The molecular weight excluding hydrogens is 298 g/mol. The Morgan fingerprint density at radius 1 is 1.57 bits per heavy atom. The zero-order valence-corrected chi connectivity index (χ0v) is 13.3. The Hall–Kier alpha value is -2.41. The van der Waals surface area contributed by atoms with Gasteiger partial charge >= 0.3 is 0 Å². The highest BCUT2D eigenvalue weighted by molar-refractivity contribution is 6.00. The Morgan fingerprint density at radius 2 is 2.35 bits per heavy atom. The van der Waals surface area contributed by atoms with E-state index in [0.717, 1.165) is 19.4 Å². The van der Waals surface area contributed by atoms with Crippen LogP contribution in [0.15, 0.2) is 30.4 Å². The molecule has 0 bridgehead atoms. The second-order valence-corrected chi connectivity index (χ2v) is 5.41. The first-order chi connectivity index (χ1) is 11.0. The maximum Gasteiger partial charge on any atom is 0.273 e. The van der Waals surface area contributed by atoms with Crippen molar-refractivity contribution in [3.8, 4) is 5.75 Å². The fourth-order valence-corrected chi connectivity index (χ4v) is 2.55. The third-order valence-electron chi connectivity index (χ3n) is 3.78. The number of benzene rings is 1. The second-order valence-electron chi connectivity index (χ2n) is 5.41. The summed E-state index contributed by atoms with van der Waals surface area (Å²) in [7, 11) is 2.03. The molecule has 0 aromatic heterocycles. The molecule has 124 valence electrons. The quantitative estimate of drug-likeness (QED) is 0.495. The van der Waals surface area contributed by atoms with Gasteiger partial charge in [-0.05, 0) is 39.4 Å². The Kier molecular flexibility index (Phi) is 5.70. The SMILES string of the molecule is CCOc1cc([N+](=O)[O-])ccc1NC(=O)/C=C/C1CCCN1C. The number of carbonyl (C=O) groups excluding carboxylic acids is 1. The van der Waals surface area contributed by atoms with Gasteiger partial charge in [0.25, 0.3) is 5.69 Å². The minimum absolute atomic E-state index is 0.0745. The van der Waals surface area contributed by atoms with Crippen molar-refractivity contribution in [3.63, 3.8) is 0 Å². The lowest BCUT2D eigenvalue weighted by Crippen LogP contribution is -2.23. The molecule has 1 aliphatic heterocycles. The molecule has 1 aliphatic rings. The average molecular weight is 319 g/mol. The topological polar surface area (TPSA) is 84.7 Å². The first-order valence-electron chi connectivity index (χ1n) is 7.62. The van der Waals surface area contributed by atoms with E-state index in [-0.39, 0.29) is 17.6 Å². The van der Waals surface area contributed by atoms with Gasteiger partial charge in [0, 0.05) is 18.2 Å². The summed E-state index contributed by atoms with van der Waals surface area (Å²) in [5, 5.41) is 13.5. The number of amides is 1. The van der Waals surface area contributed by atoms with Gasteiger partial charge in [0.05, 0.1) is 23.3 Å². The van der Waals surface area contributed by atoms with Gasteiger partial charge in [0.1, 0.15) is 5.75 Å². The van der Waals surface area contributed by atoms with Crippen LogP contribution in [-0.4, -0.2) is 42.0 Å². The summed E-state index contributed by atoms with van der Waals surface area (Å²) in [6.45, 7) is 3.17. The summed E-state index contributed by atoms with van der Waals surface area (Å²) in [6, 6.07) is 4.42. The molecule has 0 radical (unpaired) electrons. The molecule has 1 unspecified atom stereocenters. The molecule has 7 nitrogen and oxygen atoms in total. The van der Waals surface area contributed by atoms with Crippen molar-refractivity contribution in [3.05, 3.63) is 40.5 Å². The number of nitrogens with zero attached hydrogens (tertiary/aromatic N) is 2. The minimum atomic E-state index is -0.496. The number of carbonyl (C=O) groups is 1. The third kappa shape index (κ3) is 4.53. The van der Waals surface area contributed by atoms with E-state index in [1.54, 1.807) is 6.92 Å². The van der Waals surface area contributed by atoms with Crippen molar-refractivity contribution in [2.75, 3.05) is 25.5 Å². The van der Waals surface area contributed by atoms with Gasteiger partial charge in [-0.2, -0.15) is 0 Å². The fourth-order valence-electron chi connectivity index (χ4n) is 2.55. The van der Waals surface area contributed by atoms with Crippen molar-refractivity contribution in [1.29, 1.82) is 0 Å². The molecular formula is C16H21N3O4. The van der Waals surface area contributed by atoms with Crippen LogP contribution in [0.2, 0.25) is 0 Å². The molecule has 0 spiro atoms. The first-order valence-corrected chi connectivity index (χ1v) is 7.62. The maximum absolute atomic E-state index is 12.0. The van der Waals surface area contributed by atoms with Crippen molar-refractivity contribution < 1.29 is 14.5 Å². The molecule has 2 rings (SSSR count). The van der Waals surface area contributed by atoms with E-state index in [1.165, 1.54) is 24.3 Å². The molecule has 1 aromatic carbocycles.